The van der Waals surface area contributed by atoms with Crippen LogP contribution in [0.1, 0.15) is 33.6 Å². The van der Waals surface area contributed by atoms with Crippen molar-refractivity contribution in [2.45, 2.75) is 39.7 Å². The molecule has 1 atom stereocenters. The van der Waals surface area contributed by atoms with E-state index in [9.17, 15) is 13.2 Å². The van der Waals surface area contributed by atoms with Crippen LogP contribution in [0.5, 0.6) is 0 Å². The quantitative estimate of drug-likeness (QED) is 0.554. The number of ether oxygens (including phenoxy) is 1. The monoisotopic (exact) mass is 250 g/mol. The first-order chi connectivity index (χ1) is 7.27. The molecule has 0 saturated carbocycles. The lowest BCUT2D eigenvalue weighted by atomic mass is 9.90. The van der Waals surface area contributed by atoms with E-state index in [4.69, 9.17) is 4.74 Å². The molecular formula is C10H18O5S. The fourth-order valence-corrected chi connectivity index (χ4v) is 2.35. The zero-order chi connectivity index (χ0) is 12.4. The summed E-state index contributed by atoms with van der Waals surface area (Å²) in [5.74, 6) is -0.587. The summed E-state index contributed by atoms with van der Waals surface area (Å²) in [4.78, 5) is 11.7. The number of hydrogen-bond acceptors (Lipinski definition) is 5. The molecule has 0 spiro atoms. The van der Waals surface area contributed by atoms with Crippen LogP contribution in [-0.2, 0) is 23.8 Å². The Labute approximate surface area is 96.2 Å². The maximum atomic E-state index is 11.7. The van der Waals surface area contributed by atoms with Gasteiger partial charge >= 0.3 is 5.97 Å². The van der Waals surface area contributed by atoms with Crippen molar-refractivity contribution in [3.8, 4) is 0 Å². The van der Waals surface area contributed by atoms with Gasteiger partial charge in [-0.1, -0.05) is 6.92 Å². The van der Waals surface area contributed by atoms with E-state index in [0.29, 0.717) is 12.8 Å². The molecule has 1 aliphatic rings. The molecule has 1 aliphatic heterocycles. The van der Waals surface area contributed by atoms with Crippen molar-refractivity contribution >= 4 is 16.1 Å². The molecule has 1 unspecified atom stereocenters. The molecule has 1 saturated heterocycles. The molecule has 0 aromatic carbocycles. The Balaban J connectivity index is 2.58. The summed E-state index contributed by atoms with van der Waals surface area (Å²) < 4.78 is 32.1. The summed E-state index contributed by atoms with van der Waals surface area (Å²) >= 11 is 0. The SMILES string of the molecule is CCC(C)(C)C(=O)OC1CCOS(=O)(=O)C1. The van der Waals surface area contributed by atoms with Crippen LogP contribution < -0.4 is 0 Å². The fourth-order valence-electron chi connectivity index (χ4n) is 1.21. The van der Waals surface area contributed by atoms with Crippen LogP contribution in [0, 0.1) is 5.41 Å². The van der Waals surface area contributed by atoms with E-state index in [0.717, 1.165) is 0 Å². The van der Waals surface area contributed by atoms with Crippen LogP contribution in [0.4, 0.5) is 0 Å². The zero-order valence-electron chi connectivity index (χ0n) is 9.86. The largest absolute Gasteiger partial charge is 0.461 e. The van der Waals surface area contributed by atoms with Crippen LogP contribution in [0.2, 0.25) is 0 Å². The van der Waals surface area contributed by atoms with Crippen LogP contribution in [-0.4, -0.2) is 32.9 Å². The van der Waals surface area contributed by atoms with E-state index in [1.807, 2.05) is 6.92 Å². The second-order valence-electron chi connectivity index (χ2n) is 4.60. The maximum absolute atomic E-state index is 11.7. The lowest BCUT2D eigenvalue weighted by Gasteiger charge is -2.27. The molecule has 1 rings (SSSR count). The van der Waals surface area contributed by atoms with Gasteiger partial charge in [0.25, 0.3) is 10.1 Å². The van der Waals surface area contributed by atoms with Crippen molar-refractivity contribution in [2.24, 2.45) is 5.41 Å². The third-order valence-corrected chi connectivity index (χ3v) is 4.11. The highest BCUT2D eigenvalue weighted by Gasteiger charge is 2.33. The average molecular weight is 250 g/mol. The van der Waals surface area contributed by atoms with Crippen molar-refractivity contribution in [3.63, 3.8) is 0 Å². The lowest BCUT2D eigenvalue weighted by molar-refractivity contribution is -0.159. The second-order valence-corrected chi connectivity index (χ2v) is 6.28. The zero-order valence-corrected chi connectivity index (χ0v) is 10.7. The second kappa shape index (κ2) is 4.71. The highest BCUT2D eigenvalue weighted by atomic mass is 32.2. The van der Waals surface area contributed by atoms with E-state index in [2.05, 4.69) is 4.18 Å². The summed E-state index contributed by atoms with van der Waals surface area (Å²) in [5, 5.41) is 0. The van der Waals surface area contributed by atoms with Gasteiger partial charge in [0.2, 0.25) is 0 Å². The van der Waals surface area contributed by atoms with Gasteiger partial charge in [-0.15, -0.1) is 0 Å². The van der Waals surface area contributed by atoms with Crippen molar-refractivity contribution in [1.82, 2.24) is 0 Å². The normalized spacial score (nSPS) is 25.1. The molecule has 5 nitrogen and oxygen atoms in total. The van der Waals surface area contributed by atoms with Gasteiger partial charge in [0, 0.05) is 6.42 Å². The third kappa shape index (κ3) is 3.45. The lowest BCUT2D eigenvalue weighted by Crippen LogP contribution is -2.37. The Morgan fingerprint density at radius 1 is 1.50 bits per heavy atom. The molecule has 16 heavy (non-hydrogen) atoms. The minimum absolute atomic E-state index is 0.0901. The first-order valence-corrected chi connectivity index (χ1v) is 6.93. The van der Waals surface area contributed by atoms with Gasteiger partial charge in [-0.2, -0.15) is 8.42 Å². The molecule has 0 N–H and O–H groups in total. The fraction of sp³-hybridized carbons (Fsp3) is 0.900. The first kappa shape index (κ1) is 13.4. The Hall–Kier alpha value is -0.620. The summed E-state index contributed by atoms with van der Waals surface area (Å²) in [6, 6.07) is 0. The summed E-state index contributed by atoms with van der Waals surface area (Å²) in [6.07, 6.45) is 0.518. The van der Waals surface area contributed by atoms with Gasteiger partial charge in [0.05, 0.1) is 12.0 Å². The van der Waals surface area contributed by atoms with Crippen LogP contribution in [0.3, 0.4) is 0 Å². The van der Waals surface area contributed by atoms with Crippen molar-refractivity contribution < 1.29 is 22.1 Å². The van der Waals surface area contributed by atoms with Crippen molar-refractivity contribution in [2.75, 3.05) is 12.4 Å². The van der Waals surface area contributed by atoms with Gasteiger partial charge in [-0.05, 0) is 20.3 Å². The molecular weight excluding hydrogens is 232 g/mol. The van der Waals surface area contributed by atoms with E-state index >= 15 is 0 Å². The molecule has 0 amide bonds. The molecule has 0 radical (unpaired) electrons. The molecule has 0 bridgehead atoms. The minimum Gasteiger partial charge on any atom is -0.461 e. The van der Waals surface area contributed by atoms with Gasteiger partial charge in [-0.3, -0.25) is 8.98 Å². The van der Waals surface area contributed by atoms with Gasteiger partial charge < -0.3 is 4.74 Å². The first-order valence-electron chi connectivity index (χ1n) is 5.35. The van der Waals surface area contributed by atoms with Gasteiger partial charge in [-0.25, -0.2) is 0 Å². The Morgan fingerprint density at radius 2 is 2.12 bits per heavy atom. The maximum Gasteiger partial charge on any atom is 0.311 e. The molecule has 1 fully saturated rings. The molecule has 0 aromatic rings. The molecule has 94 valence electrons. The Morgan fingerprint density at radius 3 is 2.62 bits per heavy atom. The predicted octanol–water partition coefficient (Wildman–Crippen LogP) is 1.08. The van der Waals surface area contributed by atoms with Gasteiger partial charge in [0.15, 0.2) is 0 Å². The van der Waals surface area contributed by atoms with E-state index < -0.39 is 21.6 Å². The van der Waals surface area contributed by atoms with E-state index in [-0.39, 0.29) is 18.3 Å². The standard InChI is InChI=1S/C10H18O5S/c1-4-10(2,3)9(11)15-8-5-6-14-16(12,13)7-8/h8H,4-7H2,1-3H3. The summed E-state index contributed by atoms with van der Waals surface area (Å²) in [6.45, 7) is 5.54. The number of carbonyl (C=O) groups excluding carboxylic acids is 1. The summed E-state index contributed by atoms with van der Waals surface area (Å²) in [5.41, 5.74) is -0.567. The molecule has 6 heteroatoms. The number of rotatable bonds is 3. The van der Waals surface area contributed by atoms with Crippen molar-refractivity contribution in [1.29, 1.82) is 0 Å². The minimum atomic E-state index is -3.51. The molecule has 0 aliphatic carbocycles. The smallest absolute Gasteiger partial charge is 0.311 e. The highest BCUT2D eigenvalue weighted by molar-refractivity contribution is 7.86. The Kier molecular flexibility index (Phi) is 3.96. The highest BCUT2D eigenvalue weighted by Crippen LogP contribution is 2.24. The topological polar surface area (TPSA) is 69.7 Å². The van der Waals surface area contributed by atoms with Crippen LogP contribution in [0.25, 0.3) is 0 Å². The van der Waals surface area contributed by atoms with Crippen LogP contribution in [0.15, 0.2) is 0 Å². The van der Waals surface area contributed by atoms with Crippen molar-refractivity contribution in [3.05, 3.63) is 0 Å². The molecule has 1 heterocycles. The number of hydrogen-bond donors (Lipinski definition) is 0. The predicted molar refractivity (Wildman–Crippen MR) is 58.3 cm³/mol. The van der Waals surface area contributed by atoms with E-state index in [1.54, 1.807) is 13.8 Å². The number of carbonyl (C=O) groups is 1. The molecule has 0 aromatic heterocycles. The van der Waals surface area contributed by atoms with E-state index in [1.165, 1.54) is 0 Å². The average Bonchev–Trinajstić information content (AvgIpc) is 2.16. The number of esters is 1. The van der Waals surface area contributed by atoms with Gasteiger partial charge in [0.1, 0.15) is 11.9 Å². The third-order valence-electron chi connectivity index (χ3n) is 2.80. The Bertz CT molecular complexity index is 357. The summed E-state index contributed by atoms with van der Waals surface area (Å²) in [7, 11) is -3.51. The van der Waals surface area contributed by atoms with Crippen LogP contribution >= 0.6 is 0 Å².